The zero-order valence-electron chi connectivity index (χ0n) is 17.0. The highest BCUT2D eigenvalue weighted by atomic mass is 16.5. The van der Waals surface area contributed by atoms with Crippen molar-refractivity contribution in [2.45, 2.75) is 19.1 Å². The minimum atomic E-state index is -0.558. The van der Waals surface area contributed by atoms with Crippen LogP contribution in [0.2, 0.25) is 0 Å². The third kappa shape index (κ3) is 5.42. The van der Waals surface area contributed by atoms with Gasteiger partial charge in [-0.15, -0.1) is 0 Å². The standard InChI is InChI=1S/C25H23NO5/c27-24(26-22-14-15-29-23-9-5-4-8-21(22)23)17-31-25(28)19-10-12-20(13-11-19)30-16-18-6-2-1-3-7-18/h1-13,22H,14-17H2,(H,26,27). The molecular formula is C25H23NO5. The molecule has 158 valence electrons. The lowest BCUT2D eigenvalue weighted by Crippen LogP contribution is -2.35. The van der Waals surface area contributed by atoms with Gasteiger partial charge < -0.3 is 19.5 Å². The Hall–Kier alpha value is -3.80. The van der Waals surface area contributed by atoms with Gasteiger partial charge in [0.05, 0.1) is 18.2 Å². The number of amides is 1. The molecule has 1 aliphatic rings. The van der Waals surface area contributed by atoms with E-state index in [4.69, 9.17) is 14.2 Å². The second-order valence-corrected chi connectivity index (χ2v) is 7.17. The van der Waals surface area contributed by atoms with Crippen molar-refractivity contribution in [1.82, 2.24) is 5.32 Å². The van der Waals surface area contributed by atoms with Crippen LogP contribution in [0.4, 0.5) is 0 Å². The van der Waals surface area contributed by atoms with E-state index in [1.54, 1.807) is 24.3 Å². The maximum atomic E-state index is 12.3. The minimum absolute atomic E-state index is 0.155. The van der Waals surface area contributed by atoms with E-state index in [0.717, 1.165) is 16.9 Å². The molecule has 0 aliphatic carbocycles. The van der Waals surface area contributed by atoms with Gasteiger partial charge in [0.25, 0.3) is 5.91 Å². The summed E-state index contributed by atoms with van der Waals surface area (Å²) in [4.78, 5) is 24.5. The van der Waals surface area contributed by atoms with Crippen molar-refractivity contribution in [1.29, 1.82) is 0 Å². The molecule has 0 aromatic heterocycles. The van der Waals surface area contributed by atoms with Crippen molar-refractivity contribution in [3.05, 3.63) is 95.6 Å². The second-order valence-electron chi connectivity index (χ2n) is 7.17. The molecular weight excluding hydrogens is 394 g/mol. The molecule has 0 fully saturated rings. The van der Waals surface area contributed by atoms with Gasteiger partial charge in [-0.25, -0.2) is 4.79 Å². The Balaban J connectivity index is 1.25. The third-order valence-electron chi connectivity index (χ3n) is 4.97. The number of ether oxygens (including phenoxy) is 3. The number of para-hydroxylation sites is 1. The smallest absolute Gasteiger partial charge is 0.338 e. The quantitative estimate of drug-likeness (QED) is 0.587. The Labute approximate surface area is 180 Å². The molecule has 0 saturated heterocycles. The average Bonchev–Trinajstić information content (AvgIpc) is 2.82. The number of fused-ring (bicyclic) bond motifs is 1. The van der Waals surface area contributed by atoms with Crippen LogP contribution in [0.1, 0.15) is 33.9 Å². The average molecular weight is 417 g/mol. The monoisotopic (exact) mass is 417 g/mol. The van der Waals surface area contributed by atoms with Crippen LogP contribution in [0, 0.1) is 0 Å². The van der Waals surface area contributed by atoms with Gasteiger partial charge in [0.15, 0.2) is 6.61 Å². The normalized spacial score (nSPS) is 14.6. The first kappa shape index (κ1) is 20.5. The van der Waals surface area contributed by atoms with E-state index in [0.29, 0.717) is 30.9 Å². The molecule has 1 heterocycles. The summed E-state index contributed by atoms with van der Waals surface area (Å²) in [6.45, 7) is 0.630. The first-order valence-corrected chi connectivity index (χ1v) is 10.1. The molecule has 1 aliphatic heterocycles. The van der Waals surface area contributed by atoms with Crippen LogP contribution >= 0.6 is 0 Å². The Kier molecular flexibility index (Phi) is 6.47. The number of hydrogen-bond donors (Lipinski definition) is 1. The van der Waals surface area contributed by atoms with Crippen LogP contribution in [0.3, 0.4) is 0 Å². The minimum Gasteiger partial charge on any atom is -0.493 e. The molecule has 4 rings (SSSR count). The maximum absolute atomic E-state index is 12.3. The van der Waals surface area contributed by atoms with Crippen molar-refractivity contribution in [3.63, 3.8) is 0 Å². The summed E-state index contributed by atoms with van der Waals surface area (Å²) in [5.41, 5.74) is 2.35. The summed E-state index contributed by atoms with van der Waals surface area (Å²) in [6, 6.07) is 23.9. The molecule has 6 nitrogen and oxygen atoms in total. The predicted octanol–water partition coefficient (Wildman–Crippen LogP) is 4.06. The molecule has 0 bridgehead atoms. The van der Waals surface area contributed by atoms with Gasteiger partial charge in [-0.2, -0.15) is 0 Å². The molecule has 3 aromatic rings. The maximum Gasteiger partial charge on any atom is 0.338 e. The van der Waals surface area contributed by atoms with Crippen LogP contribution in [0.15, 0.2) is 78.9 Å². The molecule has 0 saturated carbocycles. The van der Waals surface area contributed by atoms with E-state index in [-0.39, 0.29) is 18.6 Å². The van der Waals surface area contributed by atoms with Crippen molar-refractivity contribution < 1.29 is 23.8 Å². The SMILES string of the molecule is O=C(COC(=O)c1ccc(OCc2ccccc2)cc1)NC1CCOc2ccccc21. The van der Waals surface area contributed by atoms with Crippen LogP contribution in [-0.4, -0.2) is 25.1 Å². The van der Waals surface area contributed by atoms with Crippen molar-refractivity contribution in [2.75, 3.05) is 13.2 Å². The summed E-state index contributed by atoms with van der Waals surface area (Å²) in [5, 5.41) is 2.91. The number of rotatable bonds is 7. The van der Waals surface area contributed by atoms with Gasteiger partial charge >= 0.3 is 5.97 Å². The Morgan fingerprint density at radius 3 is 2.48 bits per heavy atom. The van der Waals surface area contributed by atoms with Gasteiger partial charge in [0, 0.05) is 12.0 Å². The number of esters is 1. The fourth-order valence-electron chi connectivity index (χ4n) is 3.37. The number of benzene rings is 3. The lowest BCUT2D eigenvalue weighted by atomic mass is 10.0. The number of nitrogens with one attached hydrogen (secondary N) is 1. The Bertz CT molecular complexity index is 1030. The van der Waals surface area contributed by atoms with E-state index in [1.165, 1.54) is 0 Å². The first-order valence-electron chi connectivity index (χ1n) is 10.1. The highest BCUT2D eigenvalue weighted by Gasteiger charge is 2.23. The van der Waals surface area contributed by atoms with Crippen LogP contribution in [0.25, 0.3) is 0 Å². The van der Waals surface area contributed by atoms with E-state index in [1.807, 2.05) is 54.6 Å². The van der Waals surface area contributed by atoms with E-state index in [9.17, 15) is 9.59 Å². The van der Waals surface area contributed by atoms with Crippen molar-refractivity contribution in [3.8, 4) is 11.5 Å². The van der Waals surface area contributed by atoms with Crippen LogP contribution < -0.4 is 14.8 Å². The van der Waals surface area contributed by atoms with E-state index >= 15 is 0 Å². The number of carbonyl (C=O) groups is 2. The highest BCUT2D eigenvalue weighted by molar-refractivity contribution is 5.91. The zero-order valence-corrected chi connectivity index (χ0v) is 17.0. The lowest BCUT2D eigenvalue weighted by Gasteiger charge is -2.26. The summed E-state index contributed by atoms with van der Waals surface area (Å²) in [6.07, 6.45) is 0.668. The summed E-state index contributed by atoms with van der Waals surface area (Å²) >= 11 is 0. The van der Waals surface area contributed by atoms with E-state index < -0.39 is 5.97 Å². The molecule has 1 N–H and O–H groups in total. The highest BCUT2D eigenvalue weighted by Crippen LogP contribution is 2.31. The van der Waals surface area contributed by atoms with Gasteiger partial charge in [0.2, 0.25) is 0 Å². The molecule has 6 heteroatoms. The van der Waals surface area contributed by atoms with Gasteiger partial charge in [-0.05, 0) is 35.9 Å². The Morgan fingerprint density at radius 2 is 1.68 bits per heavy atom. The fraction of sp³-hybridized carbons (Fsp3) is 0.200. The topological polar surface area (TPSA) is 73.9 Å². The zero-order chi connectivity index (χ0) is 21.5. The molecule has 3 aromatic carbocycles. The lowest BCUT2D eigenvalue weighted by molar-refractivity contribution is -0.125. The van der Waals surface area contributed by atoms with Gasteiger partial charge in [-0.1, -0.05) is 48.5 Å². The predicted molar refractivity (Wildman–Crippen MR) is 115 cm³/mol. The molecule has 1 amide bonds. The number of hydrogen-bond acceptors (Lipinski definition) is 5. The summed E-state index contributed by atoms with van der Waals surface area (Å²) in [5.74, 6) is 0.511. The molecule has 0 radical (unpaired) electrons. The fourth-order valence-corrected chi connectivity index (χ4v) is 3.37. The molecule has 31 heavy (non-hydrogen) atoms. The Morgan fingerprint density at radius 1 is 0.935 bits per heavy atom. The van der Waals surface area contributed by atoms with E-state index in [2.05, 4.69) is 5.32 Å². The van der Waals surface area contributed by atoms with Crippen LogP contribution in [-0.2, 0) is 16.1 Å². The summed E-state index contributed by atoms with van der Waals surface area (Å²) < 4.78 is 16.5. The molecule has 1 atom stereocenters. The number of carbonyl (C=O) groups excluding carboxylic acids is 2. The summed E-state index contributed by atoms with van der Waals surface area (Å²) in [7, 11) is 0. The second kappa shape index (κ2) is 9.80. The first-order chi connectivity index (χ1) is 15.2. The van der Waals surface area contributed by atoms with Crippen molar-refractivity contribution >= 4 is 11.9 Å². The van der Waals surface area contributed by atoms with Crippen LogP contribution in [0.5, 0.6) is 11.5 Å². The van der Waals surface area contributed by atoms with Crippen molar-refractivity contribution in [2.24, 2.45) is 0 Å². The van der Waals surface area contributed by atoms with Gasteiger partial charge in [-0.3, -0.25) is 4.79 Å². The molecule has 1 unspecified atom stereocenters. The third-order valence-corrected chi connectivity index (χ3v) is 4.97. The molecule has 0 spiro atoms. The largest absolute Gasteiger partial charge is 0.493 e. The van der Waals surface area contributed by atoms with Gasteiger partial charge in [0.1, 0.15) is 18.1 Å².